The fraction of sp³-hybridized carbons (Fsp3) is 0.200. The summed E-state index contributed by atoms with van der Waals surface area (Å²) in [6.07, 6.45) is 2.56. The van der Waals surface area contributed by atoms with Gasteiger partial charge in [0.2, 0.25) is 0 Å². The van der Waals surface area contributed by atoms with Crippen molar-refractivity contribution in [3.05, 3.63) is 58.7 Å². The van der Waals surface area contributed by atoms with Gasteiger partial charge < -0.3 is 16.2 Å². The van der Waals surface area contributed by atoms with Crippen LogP contribution in [-0.2, 0) is 0 Å². The summed E-state index contributed by atoms with van der Waals surface area (Å²) in [7, 11) is 0. The first-order chi connectivity index (χ1) is 13.0. The van der Waals surface area contributed by atoms with Crippen molar-refractivity contribution in [1.29, 1.82) is 0 Å². The second kappa shape index (κ2) is 8.57. The maximum absolute atomic E-state index is 10.2. The summed E-state index contributed by atoms with van der Waals surface area (Å²) in [5.41, 5.74) is 8.25. The van der Waals surface area contributed by atoms with E-state index in [0.29, 0.717) is 33.8 Å². The lowest BCUT2D eigenvalue weighted by atomic mass is 10.1. The topological polar surface area (TPSA) is 84.1 Å². The second-order valence-corrected chi connectivity index (χ2v) is 7.05. The van der Waals surface area contributed by atoms with Crippen molar-refractivity contribution < 1.29 is 5.11 Å². The lowest BCUT2D eigenvalue weighted by Gasteiger charge is -2.15. The fourth-order valence-corrected chi connectivity index (χ4v) is 2.84. The summed E-state index contributed by atoms with van der Waals surface area (Å²) >= 11 is 12.1. The molecule has 140 valence electrons. The standard InChI is InChI=1S/C20H20Cl2N4O/c1-2-15(23)10-24-20-17(12-3-5-13(21)6-4-12)11-25-19(26-20)16-9-14(22)7-8-18(16)27/h3-9,11,15,27H,2,10,23H2,1H3,(H,24,25,26)/t15-/m0/s1. The molecule has 0 aliphatic rings. The number of phenolic OH excluding ortho intramolecular Hbond substituents is 1. The van der Waals surface area contributed by atoms with Gasteiger partial charge >= 0.3 is 0 Å². The van der Waals surface area contributed by atoms with Crippen LogP contribution < -0.4 is 11.1 Å². The molecule has 0 saturated heterocycles. The van der Waals surface area contributed by atoms with Gasteiger partial charge in [0.1, 0.15) is 11.6 Å². The second-order valence-electron chi connectivity index (χ2n) is 6.17. The molecule has 1 heterocycles. The smallest absolute Gasteiger partial charge is 0.165 e. The Balaban J connectivity index is 2.05. The fourth-order valence-electron chi connectivity index (χ4n) is 2.55. The lowest BCUT2D eigenvalue weighted by Crippen LogP contribution is -2.28. The third kappa shape index (κ3) is 4.69. The summed E-state index contributed by atoms with van der Waals surface area (Å²) in [6, 6.07) is 12.2. The average molecular weight is 403 g/mol. The zero-order valence-corrected chi connectivity index (χ0v) is 16.3. The van der Waals surface area contributed by atoms with Gasteiger partial charge in [-0.1, -0.05) is 42.3 Å². The van der Waals surface area contributed by atoms with Crippen molar-refractivity contribution in [2.24, 2.45) is 5.73 Å². The van der Waals surface area contributed by atoms with Crippen molar-refractivity contribution in [3.63, 3.8) is 0 Å². The largest absolute Gasteiger partial charge is 0.507 e. The van der Waals surface area contributed by atoms with E-state index in [0.717, 1.165) is 17.5 Å². The molecular formula is C20H20Cl2N4O. The first-order valence-corrected chi connectivity index (χ1v) is 9.35. The van der Waals surface area contributed by atoms with Crippen LogP contribution in [0.4, 0.5) is 5.82 Å². The highest BCUT2D eigenvalue weighted by atomic mass is 35.5. The van der Waals surface area contributed by atoms with Gasteiger partial charge in [0, 0.05) is 34.4 Å². The van der Waals surface area contributed by atoms with Crippen molar-refractivity contribution in [2.45, 2.75) is 19.4 Å². The molecule has 1 atom stereocenters. The molecule has 7 heteroatoms. The molecule has 5 nitrogen and oxygen atoms in total. The van der Waals surface area contributed by atoms with Crippen LogP contribution in [-0.4, -0.2) is 27.7 Å². The van der Waals surface area contributed by atoms with Gasteiger partial charge in [0.25, 0.3) is 0 Å². The van der Waals surface area contributed by atoms with Gasteiger partial charge in [0.05, 0.1) is 5.56 Å². The summed E-state index contributed by atoms with van der Waals surface area (Å²) in [4.78, 5) is 9.04. The van der Waals surface area contributed by atoms with Crippen LogP contribution in [0.5, 0.6) is 5.75 Å². The molecule has 0 bridgehead atoms. The number of aromatic nitrogens is 2. The highest BCUT2D eigenvalue weighted by Gasteiger charge is 2.14. The predicted molar refractivity (Wildman–Crippen MR) is 111 cm³/mol. The van der Waals surface area contributed by atoms with E-state index in [1.54, 1.807) is 18.3 Å². The molecule has 27 heavy (non-hydrogen) atoms. The van der Waals surface area contributed by atoms with Crippen LogP contribution in [0.15, 0.2) is 48.7 Å². The molecule has 3 aromatic rings. The van der Waals surface area contributed by atoms with E-state index < -0.39 is 0 Å². The van der Waals surface area contributed by atoms with Crippen molar-refractivity contribution in [3.8, 4) is 28.3 Å². The summed E-state index contributed by atoms with van der Waals surface area (Å²) in [5.74, 6) is 1.07. The number of nitrogens with zero attached hydrogens (tertiary/aromatic N) is 2. The number of halogens is 2. The number of anilines is 1. The molecule has 0 radical (unpaired) electrons. The number of phenols is 1. The van der Waals surface area contributed by atoms with Gasteiger partial charge in [-0.25, -0.2) is 9.97 Å². The minimum Gasteiger partial charge on any atom is -0.507 e. The van der Waals surface area contributed by atoms with Gasteiger partial charge in [-0.15, -0.1) is 0 Å². The summed E-state index contributed by atoms with van der Waals surface area (Å²) in [5, 5.41) is 14.6. The molecule has 4 N–H and O–H groups in total. The zero-order valence-electron chi connectivity index (χ0n) is 14.8. The van der Waals surface area contributed by atoms with Crippen LogP contribution in [0.1, 0.15) is 13.3 Å². The Labute approximate surface area is 168 Å². The molecule has 2 aromatic carbocycles. The Hall–Kier alpha value is -2.34. The summed E-state index contributed by atoms with van der Waals surface area (Å²) in [6.45, 7) is 2.59. The maximum Gasteiger partial charge on any atom is 0.165 e. The highest BCUT2D eigenvalue weighted by molar-refractivity contribution is 6.31. The Kier molecular flexibility index (Phi) is 6.16. The van der Waals surface area contributed by atoms with E-state index in [9.17, 15) is 5.11 Å². The minimum atomic E-state index is 0.000977. The lowest BCUT2D eigenvalue weighted by molar-refractivity contribution is 0.477. The van der Waals surface area contributed by atoms with Crippen molar-refractivity contribution in [1.82, 2.24) is 9.97 Å². The third-order valence-electron chi connectivity index (χ3n) is 4.20. The number of benzene rings is 2. The summed E-state index contributed by atoms with van der Waals surface area (Å²) < 4.78 is 0. The Bertz CT molecular complexity index is 932. The first kappa shape index (κ1) is 19.4. The van der Waals surface area contributed by atoms with Gasteiger partial charge in [-0.2, -0.15) is 0 Å². The van der Waals surface area contributed by atoms with Gasteiger partial charge in [-0.05, 0) is 42.3 Å². The molecular weight excluding hydrogens is 383 g/mol. The van der Waals surface area contributed by atoms with Crippen LogP contribution in [0.3, 0.4) is 0 Å². The first-order valence-electron chi connectivity index (χ1n) is 8.59. The number of nitrogens with one attached hydrogen (secondary N) is 1. The molecule has 0 amide bonds. The predicted octanol–water partition coefficient (Wildman–Crippen LogP) is 4.97. The van der Waals surface area contributed by atoms with E-state index in [1.165, 1.54) is 6.07 Å². The van der Waals surface area contributed by atoms with E-state index in [-0.39, 0.29) is 11.8 Å². The molecule has 1 aromatic heterocycles. The van der Waals surface area contributed by atoms with Crippen LogP contribution in [0.25, 0.3) is 22.5 Å². The van der Waals surface area contributed by atoms with E-state index in [2.05, 4.69) is 15.3 Å². The normalized spacial score (nSPS) is 12.0. The molecule has 0 unspecified atom stereocenters. The molecule has 0 spiro atoms. The molecule has 0 fully saturated rings. The minimum absolute atomic E-state index is 0.000977. The SMILES string of the molecule is CC[C@H](N)CNc1nc(-c2cc(Cl)ccc2O)ncc1-c1ccc(Cl)cc1. The maximum atomic E-state index is 10.2. The van der Waals surface area contributed by atoms with Crippen LogP contribution >= 0.6 is 23.2 Å². The van der Waals surface area contributed by atoms with E-state index >= 15 is 0 Å². The van der Waals surface area contributed by atoms with E-state index in [1.807, 2.05) is 31.2 Å². The molecule has 3 rings (SSSR count). The quantitative estimate of drug-likeness (QED) is 0.541. The van der Waals surface area contributed by atoms with Crippen molar-refractivity contribution >= 4 is 29.0 Å². The molecule has 0 saturated carbocycles. The molecule has 0 aliphatic carbocycles. The number of rotatable bonds is 6. The third-order valence-corrected chi connectivity index (χ3v) is 4.69. The average Bonchev–Trinajstić information content (AvgIpc) is 2.68. The van der Waals surface area contributed by atoms with Gasteiger partial charge in [0.15, 0.2) is 5.82 Å². The number of nitrogens with two attached hydrogens (primary N) is 1. The monoisotopic (exact) mass is 402 g/mol. The van der Waals surface area contributed by atoms with Crippen molar-refractivity contribution in [2.75, 3.05) is 11.9 Å². The highest BCUT2D eigenvalue weighted by Crippen LogP contribution is 2.33. The van der Waals surface area contributed by atoms with E-state index in [4.69, 9.17) is 28.9 Å². The Morgan fingerprint density at radius 1 is 1.07 bits per heavy atom. The molecule has 0 aliphatic heterocycles. The van der Waals surface area contributed by atoms with Gasteiger partial charge in [-0.3, -0.25) is 0 Å². The zero-order chi connectivity index (χ0) is 19.4. The van der Waals surface area contributed by atoms with Crippen LogP contribution in [0.2, 0.25) is 10.0 Å². The number of hydrogen-bond acceptors (Lipinski definition) is 5. The Morgan fingerprint density at radius 2 is 1.78 bits per heavy atom. The number of hydrogen-bond donors (Lipinski definition) is 3. The Morgan fingerprint density at radius 3 is 2.48 bits per heavy atom. The van der Waals surface area contributed by atoms with Crippen LogP contribution in [0, 0.1) is 0 Å². The number of aromatic hydroxyl groups is 1.